The van der Waals surface area contributed by atoms with E-state index < -0.39 is 8.59 Å². The third-order valence-electron chi connectivity index (χ3n) is 0.192. The second-order valence-electron chi connectivity index (χ2n) is 0.495. The fourth-order valence-electron chi connectivity index (χ4n) is 0. The van der Waals surface area contributed by atoms with Gasteiger partial charge in [-0.15, -0.1) is 0 Å². The third-order valence-corrected chi connectivity index (χ3v) is 1.73. The maximum absolute atomic E-state index is 5.06. The molecular weight excluding hydrogens is 97.8 g/mol. The van der Waals surface area contributed by atoms with Gasteiger partial charge in [-0.25, -0.2) is 0 Å². The summed E-state index contributed by atoms with van der Waals surface area (Å²) in [5.74, 6) is 0. The first-order valence-corrected chi connectivity index (χ1v) is 4.14. The van der Waals surface area contributed by atoms with E-state index in [0.29, 0.717) is 0 Å². The third kappa shape index (κ3) is 4.70. The van der Waals surface area contributed by atoms with E-state index in [9.17, 15) is 0 Å². The number of hydrogen-bond acceptors (Lipinski definition) is 1. The van der Waals surface area contributed by atoms with Crippen LogP contribution < -0.4 is 0 Å². The normalized spacial score (nSPS) is 7.60. The van der Waals surface area contributed by atoms with Crippen LogP contribution in [0, 0.1) is 0 Å². The molecule has 0 amide bonds. The molecule has 0 aromatic rings. The van der Waals surface area contributed by atoms with Crippen LogP contribution in [0.3, 0.4) is 0 Å². The molecule has 25 valence electrons. The van der Waals surface area contributed by atoms with Crippen molar-refractivity contribution in [1.82, 2.24) is 0 Å². The van der Waals surface area contributed by atoms with Gasteiger partial charge < -0.3 is 0 Å². The van der Waals surface area contributed by atoms with Crippen molar-refractivity contribution < 1.29 is 0 Å². The molecule has 0 unspecified atom stereocenters. The van der Waals surface area contributed by atoms with Gasteiger partial charge in [-0.2, -0.15) is 0 Å². The zero-order valence-corrected chi connectivity index (χ0v) is 4.60. The fraction of sp³-hybridized carbons (Fsp3) is 1.00. The summed E-state index contributed by atoms with van der Waals surface area (Å²) < 4.78 is 0. The van der Waals surface area contributed by atoms with Crippen molar-refractivity contribution in [3.8, 4) is 0 Å². The van der Waals surface area contributed by atoms with E-state index in [4.69, 9.17) is 13.3 Å². The molecule has 0 atom stereocenters. The summed E-state index contributed by atoms with van der Waals surface area (Å²) >= 11 is 0. The Hall–Kier alpha value is 0.700. The van der Waals surface area contributed by atoms with Gasteiger partial charge in [0.25, 0.3) is 0 Å². The van der Waals surface area contributed by atoms with Gasteiger partial charge in [-0.05, 0) is 0 Å². The Morgan fingerprint density at radius 3 is 2.00 bits per heavy atom. The monoisotopic (exact) mass is 101 g/mol. The van der Waals surface area contributed by atoms with E-state index in [1.165, 1.54) is 10.8 Å². The second-order valence-corrected chi connectivity index (χ2v) is 3.64. The van der Waals surface area contributed by atoms with E-state index in [-0.39, 0.29) is 0 Å². The Balaban J connectivity index is 3.39. The molecule has 0 fully saturated rings. The van der Waals surface area contributed by atoms with Crippen molar-refractivity contribution in [2.75, 3.05) is 6.26 Å². The van der Waals surface area contributed by atoms with Crippen molar-refractivity contribution in [2.45, 2.75) is 0 Å². The summed E-state index contributed by atoms with van der Waals surface area (Å²) in [7, 11) is 1.06. The molecule has 0 nitrogen and oxygen atoms in total. The van der Waals surface area contributed by atoms with E-state index in [1.54, 1.807) is 0 Å². The van der Waals surface area contributed by atoms with Gasteiger partial charge in [0.05, 0.1) is 0 Å². The van der Waals surface area contributed by atoms with Gasteiger partial charge in [0.1, 0.15) is 0 Å². The first kappa shape index (κ1) is 5.70. The average Bonchev–Trinajstić information content (AvgIpc) is 1.38. The Morgan fingerprint density at radius 2 is 2.00 bits per heavy atom. The molecule has 0 bridgehead atoms. The van der Waals surface area contributed by atoms with Crippen LogP contribution in [0.2, 0.25) is 0 Å². The molecule has 0 aromatic carbocycles. The van der Waals surface area contributed by atoms with Gasteiger partial charge in [0.15, 0.2) is 0 Å². The van der Waals surface area contributed by atoms with Gasteiger partial charge in [0, 0.05) is 0 Å². The summed E-state index contributed by atoms with van der Waals surface area (Å²) in [5, 5.41) is 0. The van der Waals surface area contributed by atoms with Gasteiger partial charge in [-0.1, -0.05) is 0 Å². The van der Waals surface area contributed by atoms with Gasteiger partial charge in [-0.3, -0.25) is 0 Å². The van der Waals surface area contributed by atoms with Crippen LogP contribution in [-0.2, 0) is 0 Å². The molecule has 0 saturated heterocycles. The minimum atomic E-state index is -0.406. The molecule has 5 heavy (non-hydrogen) atoms. The van der Waals surface area contributed by atoms with Crippen LogP contribution in [0.15, 0.2) is 0 Å². The predicted octanol–water partition coefficient (Wildman–Crippen LogP) is 0.700. The second kappa shape index (κ2) is 2.91. The molecule has 0 aromatic heterocycles. The molecule has 0 saturated carbocycles. The van der Waals surface area contributed by atoms with Crippen LogP contribution in [-0.4, -0.2) is 19.5 Å². The SMILES string of the molecule is [B]=S(#B)SC. The predicted molar refractivity (Wildman–Crippen MR) is 32.6 cm³/mol. The molecule has 1 radical (unpaired) electrons. The molecule has 0 aliphatic carbocycles. The molecule has 0 N–H and O–H groups in total. The maximum atomic E-state index is 5.06. The molecule has 0 aliphatic heterocycles. The molecule has 0 rings (SSSR count). The first-order valence-electron chi connectivity index (χ1n) is 1.05. The topological polar surface area (TPSA) is 0 Å². The Bertz CT molecular complexity index is 109. The summed E-state index contributed by atoms with van der Waals surface area (Å²) in [4.78, 5) is 0. The summed E-state index contributed by atoms with van der Waals surface area (Å²) in [6.45, 7) is 10.1. The standard InChI is InChI=1S/CH3B2S2/c1-4-5(2)3/h1H3. The van der Waals surface area contributed by atoms with Crippen molar-refractivity contribution in [3.63, 3.8) is 0 Å². The van der Waals surface area contributed by atoms with Crippen molar-refractivity contribution >= 4 is 32.6 Å². The number of rotatable bonds is 0. The first-order chi connectivity index (χ1) is 2.27. The Kier molecular flexibility index (Phi) is 3.32. The van der Waals surface area contributed by atoms with Crippen LogP contribution in [0.1, 0.15) is 0 Å². The Labute approximate surface area is 39.4 Å². The van der Waals surface area contributed by atoms with E-state index in [2.05, 4.69) is 0 Å². The summed E-state index contributed by atoms with van der Waals surface area (Å²) in [6.07, 6.45) is 1.88. The Morgan fingerprint density at radius 1 is 1.80 bits per heavy atom. The van der Waals surface area contributed by atoms with E-state index in [0.717, 1.165) is 0 Å². The molecule has 0 spiro atoms. The van der Waals surface area contributed by atoms with Gasteiger partial charge in [0.2, 0.25) is 0 Å². The molecule has 0 aliphatic rings. The van der Waals surface area contributed by atoms with Crippen LogP contribution in [0.4, 0.5) is 0 Å². The van der Waals surface area contributed by atoms with Crippen LogP contribution in [0.25, 0.3) is 0 Å². The fourth-order valence-corrected chi connectivity index (χ4v) is 0. The van der Waals surface area contributed by atoms with Crippen molar-refractivity contribution in [1.29, 1.82) is 0 Å². The van der Waals surface area contributed by atoms with Crippen LogP contribution >= 0.6 is 19.4 Å². The van der Waals surface area contributed by atoms with E-state index in [1.807, 2.05) is 6.26 Å². The molecule has 0 heterocycles. The zero-order valence-electron chi connectivity index (χ0n) is 2.97. The van der Waals surface area contributed by atoms with Crippen LogP contribution in [0.5, 0.6) is 0 Å². The molecular formula is CH3B2S2. The van der Waals surface area contributed by atoms with Gasteiger partial charge >= 0.3 is 38.9 Å². The zero-order chi connectivity index (χ0) is 4.28. The molecule has 4 heteroatoms. The number of hydrogen-bond donors (Lipinski definition) is 0. The van der Waals surface area contributed by atoms with Crippen molar-refractivity contribution in [2.24, 2.45) is 0 Å². The van der Waals surface area contributed by atoms with Crippen molar-refractivity contribution in [3.05, 3.63) is 0 Å². The van der Waals surface area contributed by atoms with E-state index >= 15 is 0 Å². The minimum absolute atomic E-state index is 0.406. The average molecular weight is 101 g/mol. The summed E-state index contributed by atoms with van der Waals surface area (Å²) in [6, 6.07) is 0. The summed E-state index contributed by atoms with van der Waals surface area (Å²) in [5.41, 5.74) is 0. The quantitative estimate of drug-likeness (QED) is 0.319.